The molecule has 0 saturated heterocycles. The summed E-state index contributed by atoms with van der Waals surface area (Å²) in [4.78, 5) is 11.5. The average Bonchev–Trinajstić information content (AvgIpc) is 2.55. The summed E-state index contributed by atoms with van der Waals surface area (Å²) in [5.41, 5.74) is 3.90. The molecule has 0 aliphatic heterocycles. The van der Waals surface area contributed by atoms with E-state index in [9.17, 15) is 4.79 Å². The van der Waals surface area contributed by atoms with Crippen LogP contribution < -0.4 is 10.1 Å². The van der Waals surface area contributed by atoms with Crippen molar-refractivity contribution in [2.45, 2.75) is 26.9 Å². The molecule has 0 heterocycles. The van der Waals surface area contributed by atoms with Gasteiger partial charge in [0.05, 0.1) is 17.3 Å². The van der Waals surface area contributed by atoms with E-state index in [1.54, 1.807) is 0 Å². The number of hydrogen-bond donors (Lipinski definition) is 1. The van der Waals surface area contributed by atoms with Crippen molar-refractivity contribution in [2.75, 3.05) is 12.4 Å². The van der Waals surface area contributed by atoms with Crippen LogP contribution in [-0.2, 0) is 17.8 Å². The van der Waals surface area contributed by atoms with Gasteiger partial charge in [-0.3, -0.25) is 5.32 Å². The normalized spacial score (nSPS) is 10.3. The second-order valence-electron chi connectivity index (χ2n) is 5.12. The van der Waals surface area contributed by atoms with Gasteiger partial charge in [0, 0.05) is 5.56 Å². The molecule has 0 atom stereocenters. The zero-order valence-corrected chi connectivity index (χ0v) is 15.1. The van der Waals surface area contributed by atoms with Crippen LogP contribution in [0.3, 0.4) is 0 Å². The van der Waals surface area contributed by atoms with Crippen molar-refractivity contribution < 1.29 is 14.3 Å². The quantitative estimate of drug-likeness (QED) is 0.790. The molecule has 2 rings (SSSR count). The summed E-state index contributed by atoms with van der Waals surface area (Å²) in [5.74, 6) is 0.773. The highest BCUT2D eigenvalue weighted by atomic mass is 79.9. The highest BCUT2D eigenvalue weighted by molar-refractivity contribution is 9.10. The van der Waals surface area contributed by atoms with Gasteiger partial charge in [-0.15, -0.1) is 0 Å². The van der Waals surface area contributed by atoms with Gasteiger partial charge in [0.1, 0.15) is 12.4 Å². The number of carbonyl (C=O) groups is 1. The molecule has 0 aliphatic rings. The highest BCUT2D eigenvalue weighted by Crippen LogP contribution is 2.28. The van der Waals surface area contributed by atoms with E-state index >= 15 is 0 Å². The Kier molecular flexibility index (Phi) is 6.04. The van der Waals surface area contributed by atoms with Gasteiger partial charge in [-0.25, -0.2) is 4.79 Å². The number of carbonyl (C=O) groups excluding carboxylic acids is 1. The van der Waals surface area contributed by atoms with Gasteiger partial charge in [0.25, 0.3) is 0 Å². The molecule has 2 aromatic rings. The summed E-state index contributed by atoms with van der Waals surface area (Å²) in [6.45, 7) is 4.45. The molecule has 0 saturated carbocycles. The molecule has 23 heavy (non-hydrogen) atoms. The third kappa shape index (κ3) is 4.48. The molecule has 0 spiro atoms. The number of anilines is 1. The lowest BCUT2D eigenvalue weighted by Gasteiger charge is -2.15. The van der Waals surface area contributed by atoms with E-state index in [-0.39, 0.29) is 0 Å². The maximum atomic E-state index is 11.5. The van der Waals surface area contributed by atoms with Crippen LogP contribution in [0.2, 0.25) is 0 Å². The maximum absolute atomic E-state index is 11.5. The van der Waals surface area contributed by atoms with E-state index in [2.05, 4.69) is 39.0 Å². The van der Waals surface area contributed by atoms with E-state index in [0.717, 1.165) is 27.8 Å². The van der Waals surface area contributed by atoms with Crippen LogP contribution in [0.5, 0.6) is 5.75 Å². The summed E-state index contributed by atoms with van der Waals surface area (Å²) in [6.07, 6.45) is 0.481. The Hall–Kier alpha value is -2.01. The fourth-order valence-corrected chi connectivity index (χ4v) is 2.74. The second-order valence-corrected chi connectivity index (χ2v) is 5.98. The number of benzene rings is 2. The first-order chi connectivity index (χ1) is 11.0. The summed E-state index contributed by atoms with van der Waals surface area (Å²) < 4.78 is 11.5. The maximum Gasteiger partial charge on any atom is 0.411 e. The van der Waals surface area contributed by atoms with Crippen LogP contribution in [-0.4, -0.2) is 13.2 Å². The monoisotopic (exact) mass is 377 g/mol. The predicted molar refractivity (Wildman–Crippen MR) is 95.1 cm³/mol. The van der Waals surface area contributed by atoms with Gasteiger partial charge in [0.2, 0.25) is 0 Å². The molecule has 0 unspecified atom stereocenters. The van der Waals surface area contributed by atoms with Gasteiger partial charge in [-0.1, -0.05) is 25.1 Å². The number of aryl methyl sites for hydroxylation is 2. The number of rotatable bonds is 5. The third-order valence-corrected chi connectivity index (χ3v) is 4.23. The van der Waals surface area contributed by atoms with Crippen molar-refractivity contribution in [1.29, 1.82) is 0 Å². The molecule has 0 fully saturated rings. The Morgan fingerprint density at radius 3 is 2.70 bits per heavy atom. The smallest absolute Gasteiger partial charge is 0.411 e. The third-order valence-electron chi connectivity index (χ3n) is 3.61. The van der Waals surface area contributed by atoms with Crippen molar-refractivity contribution in [3.05, 3.63) is 57.6 Å². The highest BCUT2D eigenvalue weighted by Gasteiger charge is 2.11. The van der Waals surface area contributed by atoms with Crippen LogP contribution in [0, 0.1) is 6.92 Å². The first-order valence-corrected chi connectivity index (χ1v) is 8.19. The molecule has 122 valence electrons. The van der Waals surface area contributed by atoms with E-state index in [1.807, 2.05) is 37.3 Å². The molecule has 0 bridgehead atoms. The number of ether oxygens (including phenoxy) is 2. The standard InChI is InChI=1S/C18H20BrNO3/c1-4-13-8-9-17(15(19)10-13)23-11-14-12(2)6-5-7-16(14)20-18(21)22-3/h5-10H,4,11H2,1-3H3,(H,20,21). The van der Waals surface area contributed by atoms with E-state index < -0.39 is 6.09 Å². The number of amides is 1. The zero-order chi connectivity index (χ0) is 16.8. The van der Waals surface area contributed by atoms with Crippen molar-refractivity contribution in [3.8, 4) is 5.75 Å². The minimum absolute atomic E-state index is 0.357. The molecular weight excluding hydrogens is 358 g/mol. The topological polar surface area (TPSA) is 47.6 Å². The van der Waals surface area contributed by atoms with E-state index in [1.165, 1.54) is 12.7 Å². The minimum Gasteiger partial charge on any atom is -0.488 e. The molecular formula is C18H20BrNO3. The summed E-state index contributed by atoms with van der Waals surface area (Å²) in [7, 11) is 1.34. The molecule has 1 N–H and O–H groups in total. The average molecular weight is 378 g/mol. The first-order valence-electron chi connectivity index (χ1n) is 7.39. The molecule has 0 aromatic heterocycles. The molecule has 4 nitrogen and oxygen atoms in total. The fourth-order valence-electron chi connectivity index (χ4n) is 2.20. The second kappa shape index (κ2) is 8.02. The Bertz CT molecular complexity index is 701. The summed E-state index contributed by atoms with van der Waals surface area (Å²) in [5, 5.41) is 2.72. The van der Waals surface area contributed by atoms with Crippen LogP contribution in [0.1, 0.15) is 23.6 Å². The Morgan fingerprint density at radius 2 is 2.04 bits per heavy atom. The van der Waals surface area contributed by atoms with Crippen molar-refractivity contribution >= 4 is 27.7 Å². The summed E-state index contributed by atoms with van der Waals surface area (Å²) >= 11 is 3.54. The van der Waals surface area contributed by atoms with Crippen LogP contribution in [0.4, 0.5) is 10.5 Å². The molecule has 5 heteroatoms. The van der Waals surface area contributed by atoms with Crippen LogP contribution in [0.25, 0.3) is 0 Å². The predicted octanol–water partition coefficient (Wildman–Crippen LogP) is 5.08. The molecule has 1 amide bonds. The van der Waals surface area contributed by atoms with Gasteiger partial charge < -0.3 is 9.47 Å². The van der Waals surface area contributed by atoms with Gasteiger partial charge in [-0.05, 0) is 58.6 Å². The molecule has 2 aromatic carbocycles. The Morgan fingerprint density at radius 1 is 1.26 bits per heavy atom. The van der Waals surface area contributed by atoms with Crippen molar-refractivity contribution in [1.82, 2.24) is 0 Å². The largest absolute Gasteiger partial charge is 0.488 e. The zero-order valence-electron chi connectivity index (χ0n) is 13.5. The summed E-state index contributed by atoms with van der Waals surface area (Å²) in [6, 6.07) is 11.8. The van der Waals surface area contributed by atoms with Gasteiger partial charge >= 0.3 is 6.09 Å². The number of halogens is 1. The van der Waals surface area contributed by atoms with E-state index in [0.29, 0.717) is 12.3 Å². The number of hydrogen-bond acceptors (Lipinski definition) is 3. The lowest BCUT2D eigenvalue weighted by atomic mass is 10.1. The minimum atomic E-state index is -0.495. The van der Waals surface area contributed by atoms with Gasteiger partial charge in [-0.2, -0.15) is 0 Å². The molecule has 0 aliphatic carbocycles. The lowest BCUT2D eigenvalue weighted by molar-refractivity contribution is 0.187. The Balaban J connectivity index is 2.18. The van der Waals surface area contributed by atoms with Crippen molar-refractivity contribution in [3.63, 3.8) is 0 Å². The number of methoxy groups -OCH3 is 1. The van der Waals surface area contributed by atoms with E-state index in [4.69, 9.17) is 4.74 Å². The van der Waals surface area contributed by atoms with Crippen LogP contribution >= 0.6 is 15.9 Å². The lowest BCUT2D eigenvalue weighted by Crippen LogP contribution is -2.14. The van der Waals surface area contributed by atoms with Crippen molar-refractivity contribution in [2.24, 2.45) is 0 Å². The fraction of sp³-hybridized carbons (Fsp3) is 0.278. The molecule has 0 radical (unpaired) electrons. The first kappa shape index (κ1) is 17.3. The Labute approximate surface area is 144 Å². The van der Waals surface area contributed by atoms with Gasteiger partial charge in [0.15, 0.2) is 0 Å². The van der Waals surface area contributed by atoms with Crippen LogP contribution in [0.15, 0.2) is 40.9 Å². The SMILES string of the molecule is CCc1ccc(OCc2c(C)cccc2NC(=O)OC)c(Br)c1. The number of nitrogens with one attached hydrogen (secondary N) is 1.